The minimum atomic E-state index is -0.486. The highest BCUT2D eigenvalue weighted by Gasteiger charge is 2.37. The first kappa shape index (κ1) is 17.8. The Morgan fingerprint density at radius 3 is 2.25 bits per heavy atom. The van der Waals surface area contributed by atoms with Gasteiger partial charge in [0.05, 0.1) is 30.4 Å². The van der Waals surface area contributed by atoms with Crippen molar-refractivity contribution in [3.8, 4) is 5.75 Å². The van der Waals surface area contributed by atoms with Gasteiger partial charge in [0.15, 0.2) is 12.8 Å². The van der Waals surface area contributed by atoms with Gasteiger partial charge in [0.25, 0.3) is 0 Å². The molecule has 144 valence electrons. The maximum Gasteiger partial charge on any atom is 0.228 e. The number of carbonyl (C=O) groups is 2. The predicted molar refractivity (Wildman–Crippen MR) is 95.8 cm³/mol. The number of phenolic OH excluding ortho intramolecular Hbond substituents is 1. The van der Waals surface area contributed by atoms with Crippen LogP contribution in [0.3, 0.4) is 0 Å². The molecular formula is C19H18N4O5. The number of amides is 2. The summed E-state index contributed by atoms with van der Waals surface area (Å²) in [6.45, 7) is 0.759. The van der Waals surface area contributed by atoms with Crippen molar-refractivity contribution < 1.29 is 23.5 Å². The molecule has 1 atom stereocenters. The molecule has 0 saturated carbocycles. The first-order valence-corrected chi connectivity index (χ1v) is 8.72. The number of rotatable bonds is 6. The van der Waals surface area contributed by atoms with Gasteiger partial charge in [-0.1, -0.05) is 0 Å². The predicted octanol–water partition coefficient (Wildman–Crippen LogP) is 1.95. The highest BCUT2D eigenvalue weighted by molar-refractivity contribution is 6.00. The topological polar surface area (TPSA) is 113 Å². The van der Waals surface area contributed by atoms with Gasteiger partial charge in [0, 0.05) is 18.7 Å². The van der Waals surface area contributed by atoms with Gasteiger partial charge in [-0.05, 0) is 24.3 Å². The molecule has 0 spiro atoms. The smallest absolute Gasteiger partial charge is 0.228 e. The Labute approximate surface area is 160 Å². The van der Waals surface area contributed by atoms with Crippen LogP contribution in [0.2, 0.25) is 0 Å². The molecule has 0 aliphatic carbocycles. The highest BCUT2D eigenvalue weighted by atomic mass is 16.3. The summed E-state index contributed by atoms with van der Waals surface area (Å²) in [5, 5.41) is 9.43. The van der Waals surface area contributed by atoms with E-state index < -0.39 is 5.92 Å². The minimum Gasteiger partial charge on any atom is -0.508 e. The summed E-state index contributed by atoms with van der Waals surface area (Å²) >= 11 is 0. The summed E-state index contributed by atoms with van der Waals surface area (Å²) in [5.41, 5.74) is 1.87. The third-order valence-corrected chi connectivity index (χ3v) is 4.62. The number of hydrogen-bond donors (Lipinski definition) is 1. The molecule has 1 aromatic carbocycles. The van der Waals surface area contributed by atoms with E-state index >= 15 is 0 Å². The molecule has 2 amide bonds. The molecule has 3 heterocycles. The third kappa shape index (κ3) is 3.73. The van der Waals surface area contributed by atoms with Crippen molar-refractivity contribution in [2.75, 3.05) is 11.4 Å². The van der Waals surface area contributed by atoms with Gasteiger partial charge in [-0.25, -0.2) is 9.97 Å². The lowest BCUT2D eigenvalue weighted by Gasteiger charge is -2.24. The van der Waals surface area contributed by atoms with Crippen molar-refractivity contribution >= 4 is 17.5 Å². The number of anilines is 1. The molecule has 1 aliphatic rings. The molecule has 9 heteroatoms. The van der Waals surface area contributed by atoms with Gasteiger partial charge in [-0.15, -0.1) is 0 Å². The normalized spacial score (nSPS) is 16.5. The van der Waals surface area contributed by atoms with Crippen molar-refractivity contribution in [1.29, 1.82) is 0 Å². The summed E-state index contributed by atoms with van der Waals surface area (Å²) in [6.07, 6.45) is 5.69. The fourth-order valence-corrected chi connectivity index (χ4v) is 3.25. The zero-order valence-electron chi connectivity index (χ0n) is 14.9. The van der Waals surface area contributed by atoms with E-state index in [1.54, 1.807) is 21.9 Å². The number of phenols is 1. The molecule has 28 heavy (non-hydrogen) atoms. The SMILES string of the molecule is O=C([C@@H]1CC(=O)N(c2ccc(O)cc2)C1)N(Cc1cocn1)Cc1cocn1. The number of nitrogens with zero attached hydrogens (tertiary/aromatic N) is 4. The van der Waals surface area contributed by atoms with Crippen LogP contribution in [0.4, 0.5) is 5.69 Å². The van der Waals surface area contributed by atoms with E-state index in [0.717, 1.165) is 0 Å². The van der Waals surface area contributed by atoms with Crippen molar-refractivity contribution in [2.45, 2.75) is 19.5 Å². The van der Waals surface area contributed by atoms with Gasteiger partial charge < -0.3 is 23.7 Å². The molecule has 9 nitrogen and oxygen atoms in total. The monoisotopic (exact) mass is 382 g/mol. The summed E-state index contributed by atoms with van der Waals surface area (Å²) < 4.78 is 9.98. The van der Waals surface area contributed by atoms with Crippen LogP contribution in [0.25, 0.3) is 0 Å². The van der Waals surface area contributed by atoms with E-state index in [9.17, 15) is 14.7 Å². The lowest BCUT2D eigenvalue weighted by molar-refractivity contribution is -0.137. The summed E-state index contributed by atoms with van der Waals surface area (Å²) in [6, 6.07) is 6.34. The molecule has 1 saturated heterocycles. The van der Waals surface area contributed by atoms with Crippen molar-refractivity contribution in [3.05, 3.63) is 61.0 Å². The fraction of sp³-hybridized carbons (Fsp3) is 0.263. The molecule has 1 fully saturated rings. The number of oxazole rings is 2. The minimum absolute atomic E-state index is 0.119. The zero-order valence-corrected chi connectivity index (χ0v) is 14.9. The van der Waals surface area contributed by atoms with E-state index in [2.05, 4.69) is 9.97 Å². The van der Waals surface area contributed by atoms with Gasteiger partial charge in [-0.2, -0.15) is 0 Å². The second-order valence-electron chi connectivity index (χ2n) is 6.58. The largest absolute Gasteiger partial charge is 0.508 e. The summed E-state index contributed by atoms with van der Waals surface area (Å²) in [7, 11) is 0. The Hall–Kier alpha value is -3.62. The second kappa shape index (κ2) is 7.55. The molecule has 1 aliphatic heterocycles. The van der Waals surface area contributed by atoms with E-state index in [0.29, 0.717) is 17.1 Å². The molecule has 4 rings (SSSR count). The summed E-state index contributed by atoms with van der Waals surface area (Å²) in [5.74, 6) is -0.665. The molecule has 2 aromatic heterocycles. The van der Waals surface area contributed by atoms with Crippen molar-refractivity contribution in [1.82, 2.24) is 14.9 Å². The lowest BCUT2D eigenvalue weighted by atomic mass is 10.1. The van der Waals surface area contributed by atoms with Crippen LogP contribution in [-0.2, 0) is 22.7 Å². The standard InChI is InChI=1S/C19H18N4O5/c24-17-3-1-16(2-4-17)23-6-13(5-18(23)25)19(26)22(7-14-9-27-11-20-14)8-15-10-28-12-21-15/h1-4,9-13,24H,5-8H2/t13-/m1/s1. The van der Waals surface area contributed by atoms with Crippen LogP contribution in [-0.4, -0.2) is 38.3 Å². The Bertz CT molecular complexity index is 901. The van der Waals surface area contributed by atoms with Gasteiger partial charge in [0.2, 0.25) is 11.8 Å². The van der Waals surface area contributed by atoms with Gasteiger partial charge in [-0.3, -0.25) is 9.59 Å². The molecular weight excluding hydrogens is 364 g/mol. The van der Waals surface area contributed by atoms with Crippen molar-refractivity contribution in [3.63, 3.8) is 0 Å². The number of hydrogen-bond acceptors (Lipinski definition) is 7. The fourth-order valence-electron chi connectivity index (χ4n) is 3.25. The number of benzene rings is 1. The Morgan fingerprint density at radius 2 is 1.71 bits per heavy atom. The zero-order chi connectivity index (χ0) is 19.5. The molecule has 0 unspecified atom stereocenters. The van der Waals surface area contributed by atoms with Crippen LogP contribution in [0.1, 0.15) is 17.8 Å². The number of carbonyl (C=O) groups excluding carboxylic acids is 2. The maximum absolute atomic E-state index is 13.2. The van der Waals surface area contributed by atoms with E-state index in [-0.39, 0.29) is 43.6 Å². The maximum atomic E-state index is 13.2. The number of aromatic hydroxyl groups is 1. The van der Waals surface area contributed by atoms with Crippen molar-refractivity contribution in [2.24, 2.45) is 5.92 Å². The molecule has 3 aromatic rings. The first-order chi connectivity index (χ1) is 13.6. The van der Waals surface area contributed by atoms with Gasteiger partial charge >= 0.3 is 0 Å². The summed E-state index contributed by atoms with van der Waals surface area (Å²) in [4.78, 5) is 36.9. The lowest BCUT2D eigenvalue weighted by Crippen LogP contribution is -2.37. The Morgan fingerprint density at radius 1 is 1.11 bits per heavy atom. The number of aromatic nitrogens is 2. The van der Waals surface area contributed by atoms with E-state index in [1.165, 1.54) is 37.4 Å². The van der Waals surface area contributed by atoms with E-state index in [1.807, 2.05) is 0 Å². The van der Waals surface area contributed by atoms with Crippen LogP contribution in [0.15, 0.2) is 58.4 Å². The molecule has 0 radical (unpaired) electrons. The van der Waals surface area contributed by atoms with Crippen LogP contribution in [0, 0.1) is 5.92 Å². The average Bonchev–Trinajstić information content (AvgIpc) is 3.44. The van der Waals surface area contributed by atoms with Crippen LogP contribution < -0.4 is 4.90 Å². The van der Waals surface area contributed by atoms with E-state index in [4.69, 9.17) is 8.83 Å². The second-order valence-corrected chi connectivity index (χ2v) is 6.58. The van der Waals surface area contributed by atoms with Gasteiger partial charge in [0.1, 0.15) is 18.3 Å². The Kier molecular flexibility index (Phi) is 4.79. The van der Waals surface area contributed by atoms with Crippen LogP contribution in [0.5, 0.6) is 5.75 Å². The first-order valence-electron chi connectivity index (χ1n) is 8.72. The highest BCUT2D eigenvalue weighted by Crippen LogP contribution is 2.28. The molecule has 1 N–H and O–H groups in total. The average molecular weight is 382 g/mol. The Balaban J connectivity index is 1.51. The molecule has 0 bridgehead atoms. The quantitative estimate of drug-likeness (QED) is 0.693. The van der Waals surface area contributed by atoms with Crippen LogP contribution >= 0.6 is 0 Å². The third-order valence-electron chi connectivity index (χ3n) is 4.62.